The monoisotopic (exact) mass is 511 g/mol. The molecule has 2 rings (SSSR count). The molecule has 1 N–H and O–H groups in total. The van der Waals surface area contributed by atoms with Gasteiger partial charge in [-0.05, 0) is 76.2 Å². The van der Waals surface area contributed by atoms with Gasteiger partial charge in [0.1, 0.15) is 22.5 Å². The number of hydrazine groups is 1. The summed E-state index contributed by atoms with van der Waals surface area (Å²) in [5, 5.41) is 13.5. The molecule has 1 aliphatic heterocycles. The molecule has 36 heavy (non-hydrogen) atoms. The van der Waals surface area contributed by atoms with Crippen molar-refractivity contribution in [3.63, 3.8) is 0 Å². The maximum absolute atomic E-state index is 13.0. The molecule has 0 bridgehead atoms. The zero-order chi connectivity index (χ0) is 27.9. The first kappa shape index (κ1) is 29.3. The molecule has 0 aliphatic carbocycles. The van der Waals surface area contributed by atoms with Crippen molar-refractivity contribution in [2.45, 2.75) is 105 Å². The van der Waals surface area contributed by atoms with Gasteiger partial charge in [0.25, 0.3) is 0 Å². The van der Waals surface area contributed by atoms with E-state index in [2.05, 4.69) is 0 Å². The van der Waals surface area contributed by atoms with Gasteiger partial charge in [-0.15, -0.1) is 0 Å². The molecule has 0 saturated heterocycles. The van der Waals surface area contributed by atoms with E-state index in [9.17, 15) is 19.5 Å². The van der Waals surface area contributed by atoms with Gasteiger partial charge in [0.05, 0.1) is 31.6 Å². The molecular formula is C25H41N3O8. The second kappa shape index (κ2) is 9.84. The van der Waals surface area contributed by atoms with E-state index >= 15 is 0 Å². The van der Waals surface area contributed by atoms with E-state index in [1.807, 2.05) is 0 Å². The topological polar surface area (TPSA) is 120 Å². The number of carbonyl (C=O) groups excluding carboxylic acids is 3. The van der Waals surface area contributed by atoms with Crippen molar-refractivity contribution in [3.05, 3.63) is 11.9 Å². The number of aromatic hydroxyl groups is 1. The molecular weight excluding hydrogens is 470 g/mol. The summed E-state index contributed by atoms with van der Waals surface area (Å²) < 4.78 is 23.4. The third-order valence-corrected chi connectivity index (χ3v) is 4.76. The Hall–Kier alpha value is -2.95. The third-order valence-electron chi connectivity index (χ3n) is 4.76. The Balaban J connectivity index is 2.31. The number of nitrogens with zero attached hydrogens (tertiary/aromatic N) is 3. The van der Waals surface area contributed by atoms with Crippen molar-refractivity contribution in [1.82, 2.24) is 9.58 Å². The Morgan fingerprint density at radius 2 is 1.33 bits per heavy atom. The molecule has 0 unspecified atom stereocenters. The number of esters is 1. The largest absolute Gasteiger partial charge is 0.504 e. The molecule has 1 aromatic heterocycles. The van der Waals surface area contributed by atoms with Crippen molar-refractivity contribution in [2.24, 2.45) is 0 Å². The molecule has 0 radical (unpaired) electrons. The van der Waals surface area contributed by atoms with E-state index in [0.717, 1.165) is 0 Å². The van der Waals surface area contributed by atoms with E-state index in [-0.39, 0.29) is 31.1 Å². The van der Waals surface area contributed by atoms with E-state index in [0.29, 0.717) is 5.69 Å². The lowest BCUT2D eigenvalue weighted by atomic mass is 10.1. The Kier molecular flexibility index (Phi) is 8.00. The smallest absolute Gasteiger partial charge is 0.429 e. The van der Waals surface area contributed by atoms with Crippen molar-refractivity contribution in [1.29, 1.82) is 0 Å². The molecule has 11 heteroatoms. The first-order chi connectivity index (χ1) is 16.1. The van der Waals surface area contributed by atoms with Crippen molar-refractivity contribution >= 4 is 23.8 Å². The fraction of sp³-hybridized carbons (Fsp3) is 0.720. The van der Waals surface area contributed by atoms with E-state index in [1.165, 1.54) is 20.8 Å². The second-order valence-corrected chi connectivity index (χ2v) is 12.2. The predicted molar refractivity (Wildman–Crippen MR) is 133 cm³/mol. The fourth-order valence-electron chi connectivity index (χ4n) is 3.33. The number of rotatable bonds is 5. The molecule has 0 spiro atoms. The van der Waals surface area contributed by atoms with Crippen molar-refractivity contribution in [3.8, 4) is 5.75 Å². The van der Waals surface area contributed by atoms with E-state index < -0.39 is 40.6 Å². The van der Waals surface area contributed by atoms with Gasteiger partial charge in [-0.1, -0.05) is 0 Å². The Morgan fingerprint density at radius 3 is 1.83 bits per heavy atom. The number of carbonyl (C=O) groups is 3. The second-order valence-electron chi connectivity index (χ2n) is 12.2. The number of hydrogen-bond acceptors (Lipinski definition) is 9. The molecule has 1 aromatic rings. The summed E-state index contributed by atoms with van der Waals surface area (Å²) >= 11 is 0. The third kappa shape index (κ3) is 7.52. The number of anilines is 1. The quantitative estimate of drug-likeness (QED) is 0.447. The molecule has 204 valence electrons. The highest BCUT2D eigenvalue weighted by Crippen LogP contribution is 2.41. The van der Waals surface area contributed by atoms with Gasteiger partial charge in [0, 0.05) is 0 Å². The van der Waals surface area contributed by atoms with Crippen LogP contribution in [0.2, 0.25) is 0 Å². The van der Waals surface area contributed by atoms with Crippen LogP contribution in [0.4, 0.5) is 15.3 Å². The molecule has 0 atom stereocenters. The van der Waals surface area contributed by atoms with Crippen LogP contribution in [-0.2, 0) is 30.3 Å². The molecule has 1 amide bonds. The average Bonchev–Trinajstić information content (AvgIpc) is 3.15. The summed E-state index contributed by atoms with van der Waals surface area (Å²) in [4.78, 5) is 38.3. The lowest BCUT2D eigenvalue weighted by Gasteiger charge is -2.33. The summed E-state index contributed by atoms with van der Waals surface area (Å²) in [6, 6.07) is 0. The van der Waals surface area contributed by atoms with Crippen LogP contribution in [0, 0.1) is 0 Å². The zero-order valence-corrected chi connectivity index (χ0v) is 23.3. The molecule has 0 fully saturated rings. The predicted octanol–water partition coefficient (Wildman–Crippen LogP) is 4.59. The SMILES string of the molecule is CC(C)(C)OC(=O)N1Cc2c(c(O)cn2C(=O)OC(C)(C)C)N1CCOC(C)(C)C(=O)OC(C)(C)C. The highest BCUT2D eigenvalue weighted by molar-refractivity contribution is 5.82. The minimum Gasteiger partial charge on any atom is -0.504 e. The average molecular weight is 512 g/mol. The van der Waals surface area contributed by atoms with Crippen LogP contribution in [0.15, 0.2) is 6.20 Å². The number of hydrogen-bond donors (Lipinski definition) is 1. The van der Waals surface area contributed by atoms with Crippen LogP contribution in [0.5, 0.6) is 5.75 Å². The highest BCUT2D eigenvalue weighted by Gasteiger charge is 2.41. The lowest BCUT2D eigenvalue weighted by molar-refractivity contribution is -0.179. The molecule has 1 aliphatic rings. The summed E-state index contributed by atoms with van der Waals surface area (Å²) in [5.41, 5.74) is -2.84. The summed E-state index contributed by atoms with van der Waals surface area (Å²) in [6.07, 6.45) is -0.100. The highest BCUT2D eigenvalue weighted by atomic mass is 16.6. The van der Waals surface area contributed by atoms with Gasteiger partial charge in [0.15, 0.2) is 11.4 Å². The van der Waals surface area contributed by atoms with Gasteiger partial charge >= 0.3 is 18.2 Å². The summed E-state index contributed by atoms with van der Waals surface area (Å²) in [7, 11) is 0. The number of amides is 1. The van der Waals surface area contributed by atoms with Crippen LogP contribution in [0.25, 0.3) is 0 Å². The van der Waals surface area contributed by atoms with E-state index in [4.69, 9.17) is 18.9 Å². The van der Waals surface area contributed by atoms with Gasteiger partial charge in [-0.2, -0.15) is 0 Å². The first-order valence-corrected chi connectivity index (χ1v) is 11.9. The normalized spacial score (nSPS) is 14.5. The minimum absolute atomic E-state index is 0.00202. The van der Waals surface area contributed by atoms with Crippen LogP contribution in [-0.4, -0.2) is 68.4 Å². The van der Waals surface area contributed by atoms with Crippen LogP contribution in [0.3, 0.4) is 0 Å². The molecule has 0 saturated carbocycles. The Morgan fingerprint density at radius 1 is 0.833 bits per heavy atom. The van der Waals surface area contributed by atoms with Crippen LogP contribution >= 0.6 is 0 Å². The maximum Gasteiger partial charge on any atom is 0.429 e. The molecule has 2 heterocycles. The summed E-state index contributed by atoms with van der Waals surface area (Å²) in [6.45, 7) is 18.9. The number of fused-ring (bicyclic) bond motifs is 1. The Labute approximate surface area is 213 Å². The van der Waals surface area contributed by atoms with Gasteiger partial charge in [0.2, 0.25) is 0 Å². The van der Waals surface area contributed by atoms with Crippen LogP contribution in [0.1, 0.15) is 81.9 Å². The van der Waals surface area contributed by atoms with Crippen molar-refractivity contribution < 1.29 is 38.4 Å². The number of ether oxygens (including phenoxy) is 4. The maximum atomic E-state index is 13.0. The minimum atomic E-state index is -1.25. The van der Waals surface area contributed by atoms with Gasteiger partial charge in [-0.3, -0.25) is 5.01 Å². The molecule has 0 aromatic carbocycles. The Bertz CT molecular complexity index is 993. The van der Waals surface area contributed by atoms with Crippen LogP contribution < -0.4 is 5.01 Å². The van der Waals surface area contributed by atoms with E-state index in [1.54, 1.807) is 76.2 Å². The van der Waals surface area contributed by atoms with Crippen molar-refractivity contribution in [2.75, 3.05) is 18.2 Å². The van der Waals surface area contributed by atoms with Gasteiger partial charge < -0.3 is 24.1 Å². The first-order valence-electron chi connectivity index (χ1n) is 11.9. The van der Waals surface area contributed by atoms with Gasteiger partial charge in [-0.25, -0.2) is 24.0 Å². The number of aromatic nitrogens is 1. The lowest BCUT2D eigenvalue weighted by Crippen LogP contribution is -2.47. The fourth-order valence-corrected chi connectivity index (χ4v) is 3.33. The summed E-state index contributed by atoms with van der Waals surface area (Å²) in [5.74, 6) is -0.742. The zero-order valence-electron chi connectivity index (χ0n) is 23.3. The molecule has 11 nitrogen and oxygen atoms in total. The standard InChI is InChI=1S/C25H41N3O8/c1-22(2,3)34-19(30)25(10,11)33-13-12-27-18-16(14-28(27)21(32)36-24(7,8)9)26(15-17(18)29)20(31)35-23(4,5)6/h15,29H,12-14H2,1-11H3.